The van der Waals surface area contributed by atoms with Crippen LogP contribution in [0.15, 0.2) is 54.6 Å². The number of rotatable bonds is 9. The fourth-order valence-electron chi connectivity index (χ4n) is 3.39. The number of methoxy groups -OCH3 is 1. The van der Waals surface area contributed by atoms with E-state index in [0.717, 1.165) is 16.3 Å². The number of ether oxygens (including phenoxy) is 4. The van der Waals surface area contributed by atoms with E-state index >= 15 is 0 Å². The summed E-state index contributed by atoms with van der Waals surface area (Å²) in [5, 5.41) is 2.17. The summed E-state index contributed by atoms with van der Waals surface area (Å²) in [5.41, 5.74) is 1.61. The van der Waals surface area contributed by atoms with Crippen LogP contribution in [-0.4, -0.2) is 32.3 Å². The molecule has 0 N–H and O–H groups in total. The molecule has 0 spiro atoms. The molecule has 0 saturated heterocycles. The molecule has 0 atom stereocenters. The zero-order valence-corrected chi connectivity index (χ0v) is 18.0. The lowest BCUT2D eigenvalue weighted by Crippen LogP contribution is -2.15. The summed E-state index contributed by atoms with van der Waals surface area (Å²) in [6.07, 6.45) is -0.0934. The van der Waals surface area contributed by atoms with E-state index < -0.39 is 11.9 Å². The van der Waals surface area contributed by atoms with Crippen LogP contribution in [0, 0.1) is 0 Å². The van der Waals surface area contributed by atoms with Crippen LogP contribution < -0.4 is 9.47 Å². The second-order valence-corrected chi connectivity index (χ2v) is 6.79. The average Bonchev–Trinajstić information content (AvgIpc) is 2.77. The standard InChI is InChI=1S/C25H26O6/c1-4-29-23(26)14-19-13-20(28-3)15-22(24(19)25(27)30-5-2)31-16-18-11-8-10-17-9-6-7-12-21(17)18/h6-13,15H,4-5,14,16H2,1-3H3. The van der Waals surface area contributed by atoms with Crippen molar-refractivity contribution < 1.29 is 28.5 Å². The van der Waals surface area contributed by atoms with Gasteiger partial charge in [-0.05, 0) is 41.8 Å². The Kier molecular flexibility index (Phi) is 7.49. The van der Waals surface area contributed by atoms with Crippen LogP contribution in [0.4, 0.5) is 0 Å². The Morgan fingerprint density at radius 2 is 1.61 bits per heavy atom. The van der Waals surface area contributed by atoms with Crippen LogP contribution in [0.3, 0.4) is 0 Å². The molecule has 0 aliphatic rings. The van der Waals surface area contributed by atoms with Gasteiger partial charge in [-0.15, -0.1) is 0 Å². The van der Waals surface area contributed by atoms with Gasteiger partial charge in [0.25, 0.3) is 0 Å². The summed E-state index contributed by atoms with van der Waals surface area (Å²) in [6, 6.07) is 17.3. The van der Waals surface area contributed by atoms with Crippen molar-refractivity contribution in [2.75, 3.05) is 20.3 Å². The van der Waals surface area contributed by atoms with Crippen molar-refractivity contribution in [3.05, 3.63) is 71.3 Å². The molecule has 0 saturated carbocycles. The van der Waals surface area contributed by atoms with Gasteiger partial charge in [0.15, 0.2) is 0 Å². The topological polar surface area (TPSA) is 71.1 Å². The smallest absolute Gasteiger partial charge is 0.342 e. The summed E-state index contributed by atoms with van der Waals surface area (Å²) in [4.78, 5) is 24.9. The number of fused-ring (bicyclic) bond motifs is 1. The SMILES string of the molecule is CCOC(=O)Cc1cc(OC)cc(OCc2cccc3ccccc23)c1C(=O)OCC. The van der Waals surface area contributed by atoms with Crippen LogP contribution in [0.25, 0.3) is 10.8 Å². The Bertz CT molecular complexity index is 1070. The Hall–Kier alpha value is -3.54. The molecule has 0 heterocycles. The Balaban J connectivity index is 2.00. The highest BCUT2D eigenvalue weighted by molar-refractivity contribution is 5.96. The molecule has 6 heteroatoms. The first-order valence-electron chi connectivity index (χ1n) is 10.2. The molecule has 6 nitrogen and oxygen atoms in total. The molecular formula is C25H26O6. The van der Waals surface area contributed by atoms with Crippen LogP contribution in [0.2, 0.25) is 0 Å². The second kappa shape index (κ2) is 10.5. The zero-order valence-electron chi connectivity index (χ0n) is 18.0. The van der Waals surface area contributed by atoms with E-state index in [2.05, 4.69) is 0 Å². The molecule has 0 unspecified atom stereocenters. The number of hydrogen-bond acceptors (Lipinski definition) is 6. The van der Waals surface area contributed by atoms with Crippen LogP contribution in [-0.2, 0) is 27.3 Å². The van der Waals surface area contributed by atoms with Crippen LogP contribution in [0.5, 0.6) is 11.5 Å². The van der Waals surface area contributed by atoms with Crippen LogP contribution in [0.1, 0.15) is 35.3 Å². The summed E-state index contributed by atoms with van der Waals surface area (Å²) in [5.74, 6) is -0.232. The predicted octanol–water partition coefficient (Wildman–Crippen LogP) is 4.71. The number of benzene rings is 3. The van der Waals surface area contributed by atoms with Gasteiger partial charge >= 0.3 is 11.9 Å². The first-order chi connectivity index (χ1) is 15.1. The van der Waals surface area contributed by atoms with E-state index in [1.54, 1.807) is 26.0 Å². The summed E-state index contributed by atoms with van der Waals surface area (Å²) in [7, 11) is 1.52. The van der Waals surface area contributed by atoms with Gasteiger partial charge in [0.2, 0.25) is 0 Å². The zero-order chi connectivity index (χ0) is 22.2. The van der Waals surface area contributed by atoms with Gasteiger partial charge in [-0.3, -0.25) is 4.79 Å². The molecule has 0 radical (unpaired) electrons. The number of esters is 2. The van der Waals surface area contributed by atoms with Gasteiger partial charge < -0.3 is 18.9 Å². The second-order valence-electron chi connectivity index (χ2n) is 6.79. The molecule has 0 fully saturated rings. The molecule has 0 bridgehead atoms. The lowest BCUT2D eigenvalue weighted by Gasteiger charge is -2.17. The van der Waals surface area contributed by atoms with E-state index in [1.165, 1.54) is 7.11 Å². The van der Waals surface area contributed by atoms with Gasteiger partial charge in [-0.25, -0.2) is 4.79 Å². The molecule has 0 aromatic heterocycles. The predicted molar refractivity (Wildman–Crippen MR) is 118 cm³/mol. The van der Waals surface area contributed by atoms with E-state index in [9.17, 15) is 9.59 Å². The van der Waals surface area contributed by atoms with E-state index in [-0.39, 0.29) is 31.8 Å². The van der Waals surface area contributed by atoms with Gasteiger partial charge in [0.1, 0.15) is 23.7 Å². The third kappa shape index (κ3) is 5.34. The Labute approximate surface area is 181 Å². The number of carbonyl (C=O) groups is 2. The third-order valence-corrected chi connectivity index (χ3v) is 4.78. The summed E-state index contributed by atoms with van der Waals surface area (Å²) in [6.45, 7) is 4.14. The molecule has 0 amide bonds. The Morgan fingerprint density at radius 1 is 0.871 bits per heavy atom. The monoisotopic (exact) mass is 422 g/mol. The Morgan fingerprint density at radius 3 is 2.35 bits per heavy atom. The van der Waals surface area contributed by atoms with Crippen molar-refractivity contribution >= 4 is 22.7 Å². The average molecular weight is 422 g/mol. The first kappa shape index (κ1) is 22.2. The van der Waals surface area contributed by atoms with Gasteiger partial charge in [-0.2, -0.15) is 0 Å². The molecule has 3 aromatic rings. The first-order valence-corrected chi connectivity index (χ1v) is 10.2. The fraction of sp³-hybridized carbons (Fsp3) is 0.280. The van der Waals surface area contributed by atoms with Crippen molar-refractivity contribution in [3.63, 3.8) is 0 Å². The summed E-state index contributed by atoms with van der Waals surface area (Å²) < 4.78 is 21.8. The van der Waals surface area contributed by atoms with Crippen molar-refractivity contribution in [2.45, 2.75) is 26.9 Å². The van der Waals surface area contributed by atoms with Crippen molar-refractivity contribution in [3.8, 4) is 11.5 Å². The third-order valence-electron chi connectivity index (χ3n) is 4.78. The quantitative estimate of drug-likeness (QED) is 0.465. The van der Waals surface area contributed by atoms with Crippen LogP contribution >= 0.6 is 0 Å². The van der Waals surface area contributed by atoms with E-state index in [0.29, 0.717) is 17.1 Å². The molecule has 162 valence electrons. The highest BCUT2D eigenvalue weighted by Crippen LogP contribution is 2.32. The molecular weight excluding hydrogens is 396 g/mol. The number of carbonyl (C=O) groups excluding carboxylic acids is 2. The molecule has 0 aliphatic heterocycles. The molecule has 31 heavy (non-hydrogen) atoms. The minimum Gasteiger partial charge on any atom is -0.497 e. The van der Waals surface area contributed by atoms with Gasteiger partial charge in [0, 0.05) is 6.07 Å². The maximum atomic E-state index is 12.8. The highest BCUT2D eigenvalue weighted by Gasteiger charge is 2.23. The highest BCUT2D eigenvalue weighted by atomic mass is 16.5. The van der Waals surface area contributed by atoms with Crippen molar-refractivity contribution in [1.82, 2.24) is 0 Å². The van der Waals surface area contributed by atoms with E-state index in [4.69, 9.17) is 18.9 Å². The summed E-state index contributed by atoms with van der Waals surface area (Å²) >= 11 is 0. The maximum Gasteiger partial charge on any atom is 0.342 e. The lowest BCUT2D eigenvalue weighted by molar-refractivity contribution is -0.142. The minimum absolute atomic E-state index is 0.0934. The number of hydrogen-bond donors (Lipinski definition) is 0. The largest absolute Gasteiger partial charge is 0.497 e. The minimum atomic E-state index is -0.558. The fourth-order valence-corrected chi connectivity index (χ4v) is 3.39. The lowest BCUT2D eigenvalue weighted by atomic mass is 10.0. The molecule has 3 aromatic carbocycles. The van der Waals surface area contributed by atoms with Gasteiger partial charge in [-0.1, -0.05) is 42.5 Å². The normalized spacial score (nSPS) is 10.5. The van der Waals surface area contributed by atoms with E-state index in [1.807, 2.05) is 42.5 Å². The molecule has 0 aliphatic carbocycles. The van der Waals surface area contributed by atoms with Crippen molar-refractivity contribution in [1.29, 1.82) is 0 Å². The maximum absolute atomic E-state index is 12.8. The molecule has 3 rings (SSSR count). The van der Waals surface area contributed by atoms with Crippen molar-refractivity contribution in [2.24, 2.45) is 0 Å². The van der Waals surface area contributed by atoms with Gasteiger partial charge in [0.05, 0.1) is 26.7 Å².